The molecule has 0 saturated carbocycles. The number of rotatable bonds is 6. The van der Waals surface area contributed by atoms with E-state index >= 15 is 0 Å². The Hall–Kier alpha value is -1.62. The smallest absolute Gasteiger partial charge is 0.334 e. The minimum Gasteiger partial charge on any atom is -0.462 e. The van der Waals surface area contributed by atoms with Crippen LogP contribution in [0.5, 0.6) is 0 Å². The molecule has 1 rings (SSSR count). The minimum absolute atomic E-state index is 0.0849. The lowest BCUT2D eigenvalue weighted by atomic mass is 10.2. The molecule has 0 N–H and O–H groups in total. The molecule has 0 atom stereocenters. The van der Waals surface area contributed by atoms with Crippen molar-refractivity contribution in [3.63, 3.8) is 0 Å². The highest BCUT2D eigenvalue weighted by Gasteiger charge is 2.15. The van der Waals surface area contributed by atoms with Crippen LogP contribution in [-0.4, -0.2) is 21.0 Å². The molecule has 0 radical (unpaired) electrons. The second kappa shape index (κ2) is 7.24. The van der Waals surface area contributed by atoms with Crippen LogP contribution in [0.3, 0.4) is 0 Å². The van der Waals surface area contributed by atoms with E-state index in [0.29, 0.717) is 6.61 Å². The lowest BCUT2D eigenvalue weighted by Crippen LogP contribution is -2.09. The Balaban J connectivity index is 2.85. The van der Waals surface area contributed by atoms with Gasteiger partial charge in [0.1, 0.15) is 0 Å². The average molecular weight is 296 g/mol. The highest BCUT2D eigenvalue weighted by Crippen LogP contribution is 2.15. The van der Waals surface area contributed by atoms with Crippen LogP contribution in [-0.2, 0) is 19.4 Å². The summed E-state index contributed by atoms with van der Waals surface area (Å²) in [6.45, 7) is 5.62. The predicted octanol–water partition coefficient (Wildman–Crippen LogP) is 3.02. The second-order valence-electron chi connectivity index (χ2n) is 4.65. The summed E-state index contributed by atoms with van der Waals surface area (Å²) in [6, 6.07) is 6.49. The van der Waals surface area contributed by atoms with Gasteiger partial charge in [-0.2, -0.15) is 0 Å². The molecule has 0 unspecified atom stereocenters. The van der Waals surface area contributed by atoms with Crippen LogP contribution >= 0.6 is 0 Å². The molecular weight excluding hydrogens is 276 g/mol. The van der Waals surface area contributed by atoms with Crippen LogP contribution in [0.15, 0.2) is 40.1 Å². The molecule has 0 heterocycles. The quantitative estimate of drug-likeness (QED) is 0.460. The molecule has 0 aliphatic heterocycles. The summed E-state index contributed by atoms with van der Waals surface area (Å²) in [4.78, 5) is 11.8. The molecule has 0 fully saturated rings. The van der Waals surface area contributed by atoms with Gasteiger partial charge in [0, 0.05) is 11.0 Å². The van der Waals surface area contributed by atoms with Crippen LogP contribution in [0.1, 0.15) is 32.3 Å². The summed E-state index contributed by atoms with van der Waals surface area (Å²) < 4.78 is 29.2. The SMILES string of the molecule is CCCCOC(=O)/C(C)=C/S(=O)(=O)c1ccc(C)cc1. The molecule has 0 amide bonds. The van der Waals surface area contributed by atoms with Crippen molar-refractivity contribution in [1.29, 1.82) is 0 Å². The average Bonchev–Trinajstić information content (AvgIpc) is 2.38. The molecule has 5 heteroatoms. The molecule has 4 nitrogen and oxygen atoms in total. The van der Waals surface area contributed by atoms with Crippen molar-refractivity contribution in [2.45, 2.75) is 38.5 Å². The first kappa shape index (κ1) is 16.4. The van der Waals surface area contributed by atoms with Gasteiger partial charge in [-0.05, 0) is 32.4 Å². The monoisotopic (exact) mass is 296 g/mol. The summed E-state index contributed by atoms with van der Waals surface area (Å²) >= 11 is 0. The van der Waals surface area contributed by atoms with E-state index < -0.39 is 15.8 Å². The van der Waals surface area contributed by atoms with Crippen LogP contribution in [0.25, 0.3) is 0 Å². The molecule has 1 aromatic carbocycles. The lowest BCUT2D eigenvalue weighted by molar-refractivity contribution is -0.139. The molecular formula is C15H20O4S. The fourth-order valence-electron chi connectivity index (χ4n) is 1.50. The number of hydrogen-bond donors (Lipinski definition) is 0. The Morgan fingerprint density at radius 1 is 1.25 bits per heavy atom. The van der Waals surface area contributed by atoms with E-state index in [-0.39, 0.29) is 10.5 Å². The number of esters is 1. The number of carbonyl (C=O) groups excluding carboxylic acids is 1. The highest BCUT2D eigenvalue weighted by atomic mass is 32.2. The number of carbonyl (C=O) groups is 1. The van der Waals surface area contributed by atoms with Gasteiger partial charge in [-0.15, -0.1) is 0 Å². The Morgan fingerprint density at radius 3 is 2.40 bits per heavy atom. The standard InChI is InChI=1S/C15H20O4S/c1-4-5-10-19-15(16)13(3)11-20(17,18)14-8-6-12(2)7-9-14/h6-9,11H,4-5,10H2,1-3H3/b13-11+. The second-order valence-corrected chi connectivity index (χ2v) is 6.45. The molecule has 0 aromatic heterocycles. The van der Waals surface area contributed by atoms with Crippen molar-refractivity contribution in [1.82, 2.24) is 0 Å². The molecule has 0 aliphatic rings. The first-order valence-corrected chi connectivity index (χ1v) is 8.08. The van der Waals surface area contributed by atoms with E-state index in [1.165, 1.54) is 19.1 Å². The highest BCUT2D eigenvalue weighted by molar-refractivity contribution is 7.94. The third-order valence-electron chi connectivity index (χ3n) is 2.73. The topological polar surface area (TPSA) is 60.4 Å². The van der Waals surface area contributed by atoms with Crippen LogP contribution < -0.4 is 0 Å². The number of sulfone groups is 1. The maximum atomic E-state index is 12.1. The normalized spacial score (nSPS) is 12.2. The molecule has 0 aliphatic carbocycles. The molecule has 0 saturated heterocycles. The summed E-state index contributed by atoms with van der Waals surface area (Å²) in [5, 5.41) is 0.964. The first-order valence-electron chi connectivity index (χ1n) is 6.54. The Kier molecular flexibility index (Phi) is 5.95. The Bertz CT molecular complexity index is 583. The van der Waals surface area contributed by atoms with Crippen LogP contribution in [0, 0.1) is 6.92 Å². The number of aryl methyl sites for hydroxylation is 1. The van der Waals surface area contributed by atoms with Gasteiger partial charge in [-0.25, -0.2) is 13.2 Å². The molecule has 0 bridgehead atoms. The fraction of sp³-hybridized carbons (Fsp3) is 0.400. The van der Waals surface area contributed by atoms with Gasteiger partial charge >= 0.3 is 5.97 Å². The molecule has 110 valence electrons. The van der Waals surface area contributed by atoms with Gasteiger partial charge in [-0.3, -0.25) is 0 Å². The minimum atomic E-state index is -3.61. The molecule has 20 heavy (non-hydrogen) atoms. The van der Waals surface area contributed by atoms with Crippen molar-refractivity contribution >= 4 is 15.8 Å². The van der Waals surface area contributed by atoms with Gasteiger partial charge in [0.15, 0.2) is 9.84 Å². The zero-order valence-electron chi connectivity index (χ0n) is 12.0. The van der Waals surface area contributed by atoms with Gasteiger partial charge in [0.2, 0.25) is 0 Å². The van der Waals surface area contributed by atoms with Gasteiger partial charge < -0.3 is 4.74 Å². The number of benzene rings is 1. The van der Waals surface area contributed by atoms with Crippen molar-refractivity contribution in [2.24, 2.45) is 0 Å². The van der Waals surface area contributed by atoms with E-state index in [1.54, 1.807) is 12.1 Å². The van der Waals surface area contributed by atoms with E-state index in [1.807, 2.05) is 13.8 Å². The van der Waals surface area contributed by atoms with Crippen molar-refractivity contribution < 1.29 is 17.9 Å². The van der Waals surface area contributed by atoms with E-state index in [2.05, 4.69) is 0 Å². The third-order valence-corrected chi connectivity index (χ3v) is 4.33. The number of unbranched alkanes of at least 4 members (excludes halogenated alkanes) is 1. The maximum Gasteiger partial charge on any atom is 0.334 e. The summed E-state index contributed by atoms with van der Waals surface area (Å²) in [6.07, 6.45) is 1.68. The van der Waals surface area contributed by atoms with E-state index in [0.717, 1.165) is 23.8 Å². The third kappa shape index (κ3) is 4.81. The van der Waals surface area contributed by atoms with E-state index in [9.17, 15) is 13.2 Å². The summed E-state index contributed by atoms with van der Waals surface area (Å²) in [5.74, 6) is -0.589. The first-order chi connectivity index (χ1) is 9.36. The molecule has 0 spiro atoms. The van der Waals surface area contributed by atoms with Crippen molar-refractivity contribution in [2.75, 3.05) is 6.61 Å². The number of ether oxygens (including phenoxy) is 1. The van der Waals surface area contributed by atoms with Crippen LogP contribution in [0.2, 0.25) is 0 Å². The van der Waals surface area contributed by atoms with Crippen molar-refractivity contribution in [3.8, 4) is 0 Å². The van der Waals surface area contributed by atoms with Crippen LogP contribution in [0.4, 0.5) is 0 Å². The largest absolute Gasteiger partial charge is 0.462 e. The summed E-state index contributed by atoms with van der Waals surface area (Å²) in [7, 11) is -3.61. The van der Waals surface area contributed by atoms with Gasteiger partial charge in [0.25, 0.3) is 0 Å². The van der Waals surface area contributed by atoms with Gasteiger partial charge in [-0.1, -0.05) is 31.0 Å². The zero-order valence-corrected chi connectivity index (χ0v) is 12.9. The van der Waals surface area contributed by atoms with E-state index in [4.69, 9.17) is 4.74 Å². The zero-order chi connectivity index (χ0) is 15.2. The van der Waals surface area contributed by atoms with Gasteiger partial charge in [0.05, 0.1) is 11.5 Å². The number of hydrogen-bond acceptors (Lipinski definition) is 4. The molecule has 1 aromatic rings. The Labute approximate surface area is 120 Å². The maximum absolute atomic E-state index is 12.1. The summed E-state index contributed by atoms with van der Waals surface area (Å²) in [5.41, 5.74) is 1.06. The Morgan fingerprint density at radius 2 is 1.85 bits per heavy atom. The lowest BCUT2D eigenvalue weighted by Gasteiger charge is -2.05. The van der Waals surface area contributed by atoms with Crippen molar-refractivity contribution in [3.05, 3.63) is 40.8 Å². The fourth-order valence-corrected chi connectivity index (χ4v) is 2.71. The predicted molar refractivity (Wildman–Crippen MR) is 78.0 cm³/mol.